The standard InChI is InChI=1S/C19H14ClN5O4/c20-12-4-1-10(2-5-12)13-8-16(26)21-19-23-18(24-25(13)19)22-17(27)11-3-6-14-15(7-11)29-9-28-14/h1-7,13H,8-9H2,(H2,21,22,23,24,26,27)/t13-/m1/s1. The van der Waals surface area contributed by atoms with Gasteiger partial charge in [0.05, 0.1) is 12.5 Å². The van der Waals surface area contributed by atoms with Crippen LogP contribution in [-0.4, -0.2) is 33.4 Å². The second-order valence-electron chi connectivity index (χ2n) is 6.55. The summed E-state index contributed by atoms with van der Waals surface area (Å²) in [5.41, 5.74) is 1.24. The second kappa shape index (κ2) is 6.78. The number of halogens is 1. The number of carbonyl (C=O) groups is 2. The van der Waals surface area contributed by atoms with Gasteiger partial charge in [0.25, 0.3) is 11.9 Å². The maximum atomic E-state index is 12.6. The number of anilines is 2. The number of carbonyl (C=O) groups excluding carboxylic acids is 2. The van der Waals surface area contributed by atoms with Gasteiger partial charge in [-0.25, -0.2) is 4.68 Å². The van der Waals surface area contributed by atoms with Crippen molar-refractivity contribution in [2.45, 2.75) is 12.5 Å². The average molecular weight is 412 g/mol. The van der Waals surface area contributed by atoms with Crippen LogP contribution in [0.2, 0.25) is 5.02 Å². The van der Waals surface area contributed by atoms with Gasteiger partial charge in [-0.3, -0.25) is 20.2 Å². The van der Waals surface area contributed by atoms with E-state index in [0.29, 0.717) is 22.1 Å². The minimum absolute atomic E-state index is 0.0869. The van der Waals surface area contributed by atoms with E-state index in [4.69, 9.17) is 21.1 Å². The summed E-state index contributed by atoms with van der Waals surface area (Å²) >= 11 is 5.96. The Labute approximate surface area is 169 Å². The van der Waals surface area contributed by atoms with Crippen LogP contribution >= 0.6 is 11.6 Å². The van der Waals surface area contributed by atoms with Crippen molar-refractivity contribution in [3.8, 4) is 11.5 Å². The number of benzene rings is 2. The van der Waals surface area contributed by atoms with Gasteiger partial charge in [0, 0.05) is 10.6 Å². The van der Waals surface area contributed by atoms with Gasteiger partial charge in [-0.15, -0.1) is 5.10 Å². The highest BCUT2D eigenvalue weighted by atomic mass is 35.5. The van der Waals surface area contributed by atoms with Crippen LogP contribution in [0.3, 0.4) is 0 Å². The minimum Gasteiger partial charge on any atom is -0.454 e. The molecular formula is C19H14ClN5O4. The third-order valence-corrected chi connectivity index (χ3v) is 4.92. The number of amides is 2. The van der Waals surface area contributed by atoms with Gasteiger partial charge in [-0.2, -0.15) is 4.98 Å². The molecule has 0 bridgehead atoms. The topological polar surface area (TPSA) is 107 Å². The molecule has 10 heteroatoms. The molecule has 29 heavy (non-hydrogen) atoms. The van der Waals surface area contributed by atoms with Crippen LogP contribution in [0.15, 0.2) is 42.5 Å². The van der Waals surface area contributed by atoms with Crippen LogP contribution in [-0.2, 0) is 4.79 Å². The van der Waals surface area contributed by atoms with Gasteiger partial charge in [0.2, 0.25) is 18.6 Å². The van der Waals surface area contributed by atoms with Crippen molar-refractivity contribution in [3.05, 3.63) is 58.6 Å². The Balaban J connectivity index is 1.41. The molecule has 0 radical (unpaired) electrons. The molecule has 0 fully saturated rings. The van der Waals surface area contributed by atoms with Crippen molar-refractivity contribution in [1.29, 1.82) is 0 Å². The van der Waals surface area contributed by atoms with Crippen LogP contribution in [0.1, 0.15) is 28.4 Å². The lowest BCUT2D eigenvalue weighted by molar-refractivity contribution is -0.117. The summed E-state index contributed by atoms with van der Waals surface area (Å²) in [5.74, 6) is 0.862. The van der Waals surface area contributed by atoms with E-state index in [-0.39, 0.29) is 37.1 Å². The zero-order valence-electron chi connectivity index (χ0n) is 14.9. The summed E-state index contributed by atoms with van der Waals surface area (Å²) in [6.45, 7) is 0.126. The van der Waals surface area contributed by atoms with Crippen LogP contribution < -0.4 is 20.1 Å². The van der Waals surface area contributed by atoms with Crippen LogP contribution in [0.5, 0.6) is 11.5 Å². The van der Waals surface area contributed by atoms with Crippen LogP contribution in [0.25, 0.3) is 0 Å². The molecule has 9 nitrogen and oxygen atoms in total. The molecule has 1 aromatic heterocycles. The van der Waals surface area contributed by atoms with E-state index in [1.807, 2.05) is 12.1 Å². The summed E-state index contributed by atoms with van der Waals surface area (Å²) in [6, 6.07) is 11.7. The summed E-state index contributed by atoms with van der Waals surface area (Å²) < 4.78 is 12.1. The fraction of sp³-hybridized carbons (Fsp3) is 0.158. The fourth-order valence-corrected chi connectivity index (χ4v) is 3.40. The first-order valence-electron chi connectivity index (χ1n) is 8.80. The first kappa shape index (κ1) is 17.5. The predicted molar refractivity (Wildman–Crippen MR) is 103 cm³/mol. The van der Waals surface area contributed by atoms with Gasteiger partial charge in [0.15, 0.2) is 11.5 Å². The fourth-order valence-electron chi connectivity index (χ4n) is 3.27. The number of fused-ring (bicyclic) bond motifs is 2. The van der Waals surface area contributed by atoms with E-state index in [2.05, 4.69) is 20.7 Å². The summed E-state index contributed by atoms with van der Waals surface area (Å²) in [6.07, 6.45) is 0.202. The summed E-state index contributed by atoms with van der Waals surface area (Å²) in [4.78, 5) is 28.9. The van der Waals surface area contributed by atoms with Crippen molar-refractivity contribution in [1.82, 2.24) is 14.8 Å². The average Bonchev–Trinajstić information content (AvgIpc) is 3.33. The zero-order chi connectivity index (χ0) is 20.0. The largest absolute Gasteiger partial charge is 0.454 e. The number of hydrogen-bond donors (Lipinski definition) is 2. The molecule has 2 amide bonds. The molecular weight excluding hydrogens is 398 g/mol. The highest BCUT2D eigenvalue weighted by molar-refractivity contribution is 6.30. The minimum atomic E-state index is -0.402. The third-order valence-electron chi connectivity index (χ3n) is 4.67. The molecule has 2 aliphatic rings. The van der Waals surface area contributed by atoms with E-state index in [9.17, 15) is 9.59 Å². The van der Waals surface area contributed by atoms with Gasteiger partial charge in [-0.05, 0) is 35.9 Å². The molecule has 2 N–H and O–H groups in total. The lowest BCUT2D eigenvalue weighted by atomic mass is 10.0. The van der Waals surface area contributed by atoms with Crippen LogP contribution in [0, 0.1) is 0 Å². The smallest absolute Gasteiger partial charge is 0.258 e. The molecule has 146 valence electrons. The third kappa shape index (κ3) is 3.25. The Morgan fingerprint density at radius 2 is 1.97 bits per heavy atom. The number of nitrogens with zero attached hydrogens (tertiary/aromatic N) is 3. The van der Waals surface area contributed by atoms with Gasteiger partial charge in [0.1, 0.15) is 0 Å². The normalized spacial score (nSPS) is 16.9. The molecule has 0 unspecified atom stereocenters. The Kier molecular flexibility index (Phi) is 4.09. The van der Waals surface area contributed by atoms with E-state index < -0.39 is 5.91 Å². The molecule has 0 aliphatic carbocycles. The maximum Gasteiger partial charge on any atom is 0.258 e. The number of rotatable bonds is 3. The zero-order valence-corrected chi connectivity index (χ0v) is 15.6. The SMILES string of the molecule is O=C1C[C@H](c2ccc(Cl)cc2)n2nc(NC(=O)c3ccc4c(c3)OCO4)nc2N1. The van der Waals surface area contributed by atoms with Crippen molar-refractivity contribution >= 4 is 35.3 Å². The Morgan fingerprint density at radius 1 is 1.17 bits per heavy atom. The maximum absolute atomic E-state index is 12.6. The number of nitrogens with one attached hydrogen (secondary N) is 2. The van der Waals surface area contributed by atoms with E-state index in [1.165, 1.54) is 0 Å². The molecule has 0 saturated heterocycles. The molecule has 2 aromatic carbocycles. The van der Waals surface area contributed by atoms with E-state index in [0.717, 1.165) is 5.56 Å². The molecule has 0 spiro atoms. The van der Waals surface area contributed by atoms with Crippen molar-refractivity contribution in [2.24, 2.45) is 0 Å². The second-order valence-corrected chi connectivity index (χ2v) is 6.98. The Hall–Kier alpha value is -3.59. The van der Waals surface area contributed by atoms with Gasteiger partial charge in [-0.1, -0.05) is 23.7 Å². The highest BCUT2D eigenvalue weighted by Gasteiger charge is 2.29. The summed E-state index contributed by atoms with van der Waals surface area (Å²) in [5, 5.41) is 10.3. The molecule has 3 aromatic rings. The highest BCUT2D eigenvalue weighted by Crippen LogP contribution is 2.33. The van der Waals surface area contributed by atoms with Crippen molar-refractivity contribution in [3.63, 3.8) is 0 Å². The molecule has 1 atom stereocenters. The molecule has 0 saturated carbocycles. The summed E-state index contributed by atoms with van der Waals surface area (Å²) in [7, 11) is 0. The Bertz CT molecular complexity index is 1130. The monoisotopic (exact) mass is 411 g/mol. The predicted octanol–water partition coefficient (Wildman–Crippen LogP) is 2.84. The Morgan fingerprint density at radius 3 is 2.79 bits per heavy atom. The number of ether oxygens (including phenoxy) is 2. The molecule has 3 heterocycles. The van der Waals surface area contributed by atoms with E-state index in [1.54, 1.807) is 35.0 Å². The quantitative estimate of drug-likeness (QED) is 0.686. The molecule has 2 aliphatic heterocycles. The lowest BCUT2D eigenvalue weighted by Gasteiger charge is -2.23. The first-order chi connectivity index (χ1) is 14.1. The number of hydrogen-bond acceptors (Lipinski definition) is 6. The van der Waals surface area contributed by atoms with Gasteiger partial charge < -0.3 is 9.47 Å². The number of aromatic nitrogens is 3. The van der Waals surface area contributed by atoms with Crippen LogP contribution in [0.4, 0.5) is 11.9 Å². The van der Waals surface area contributed by atoms with E-state index >= 15 is 0 Å². The van der Waals surface area contributed by atoms with Crippen molar-refractivity contribution < 1.29 is 19.1 Å². The lowest BCUT2D eigenvalue weighted by Crippen LogP contribution is -2.29. The first-order valence-corrected chi connectivity index (χ1v) is 9.17. The van der Waals surface area contributed by atoms with Crippen molar-refractivity contribution in [2.75, 3.05) is 17.4 Å². The van der Waals surface area contributed by atoms with Gasteiger partial charge >= 0.3 is 0 Å². The molecule has 5 rings (SSSR count).